The van der Waals surface area contributed by atoms with Crippen LogP contribution >= 0.6 is 0 Å². The van der Waals surface area contributed by atoms with Crippen LogP contribution < -0.4 is 20.8 Å². The number of ether oxygens (including phenoxy) is 7. The number of carbonyl (C=O) groups is 4. The molecular formula is C52H52N2O12. The van der Waals surface area contributed by atoms with E-state index in [1.165, 1.54) is 41.0 Å². The van der Waals surface area contributed by atoms with Crippen LogP contribution in [0.2, 0.25) is 0 Å². The molecule has 0 saturated carbocycles. The van der Waals surface area contributed by atoms with Crippen molar-refractivity contribution in [1.29, 1.82) is 0 Å². The number of nitrogen functional groups attached to an aromatic ring is 1. The number of esters is 4. The van der Waals surface area contributed by atoms with Crippen molar-refractivity contribution >= 4 is 40.5 Å². The van der Waals surface area contributed by atoms with Crippen LogP contribution in [0.1, 0.15) is 86.9 Å². The summed E-state index contributed by atoms with van der Waals surface area (Å²) in [6, 6.07) is 37.2. The summed E-state index contributed by atoms with van der Waals surface area (Å²) in [7, 11) is 1.58. The number of carbonyl (C=O) groups excluding carboxylic acids is 4. The van der Waals surface area contributed by atoms with Gasteiger partial charge in [-0.25, -0.2) is 19.2 Å². The molecule has 6 aromatic rings. The van der Waals surface area contributed by atoms with Crippen LogP contribution in [0, 0.1) is 0 Å². The molecule has 0 radical (unpaired) electrons. The van der Waals surface area contributed by atoms with Gasteiger partial charge in [0.25, 0.3) is 5.56 Å². The first-order valence-corrected chi connectivity index (χ1v) is 22.0. The maximum atomic E-state index is 14.3. The first-order chi connectivity index (χ1) is 32.1. The van der Waals surface area contributed by atoms with E-state index in [4.69, 9.17) is 38.9 Å². The van der Waals surface area contributed by atoms with Gasteiger partial charge < -0.3 is 43.5 Å². The average molecular weight is 897 g/mol. The Morgan fingerprint density at radius 3 is 1.62 bits per heavy atom. The van der Waals surface area contributed by atoms with Crippen LogP contribution in [0.25, 0.3) is 10.9 Å². The Bertz CT molecular complexity index is 2640. The second-order valence-electron chi connectivity index (χ2n) is 15.7. The molecule has 1 aliphatic rings. The van der Waals surface area contributed by atoms with Gasteiger partial charge in [-0.2, -0.15) is 0 Å². The van der Waals surface area contributed by atoms with E-state index in [9.17, 15) is 24.0 Å². The highest BCUT2D eigenvalue weighted by Crippen LogP contribution is 2.39. The number of hydrogen-bond acceptors (Lipinski definition) is 13. The Balaban J connectivity index is 1.36. The number of hydrogen-bond donors (Lipinski definition) is 1. The SMILES string of the molecule is CCCCCCCCOc1c(O[C@@H]2O[C@H](COC(=O)c3ccccc3)[C@H](OC(=O)c3ccccc3)[C@H](OC(=O)c3ccccc3)[C@H]2OC(=O)c2ccccc2)c2ccc(N)cc2n(C)c1=O. The maximum Gasteiger partial charge on any atom is 0.338 e. The van der Waals surface area contributed by atoms with E-state index in [0.717, 1.165) is 32.1 Å². The molecule has 0 amide bonds. The van der Waals surface area contributed by atoms with Gasteiger partial charge in [0, 0.05) is 18.1 Å². The molecular weight excluding hydrogens is 845 g/mol. The van der Waals surface area contributed by atoms with Crippen LogP contribution in [0.15, 0.2) is 144 Å². The zero-order chi connectivity index (χ0) is 46.4. The number of aryl methyl sites for hydroxylation is 1. The van der Waals surface area contributed by atoms with Crippen molar-refractivity contribution in [3.8, 4) is 11.5 Å². The van der Waals surface area contributed by atoms with Gasteiger partial charge in [0.2, 0.25) is 18.1 Å². The quantitative estimate of drug-likeness (QED) is 0.0354. The van der Waals surface area contributed by atoms with Gasteiger partial charge in [-0.05, 0) is 73.2 Å². The van der Waals surface area contributed by atoms with Crippen LogP contribution in [-0.4, -0.2) is 72.4 Å². The van der Waals surface area contributed by atoms with Crippen LogP contribution in [0.4, 0.5) is 5.69 Å². The third-order valence-electron chi connectivity index (χ3n) is 11.0. The van der Waals surface area contributed by atoms with E-state index in [0.29, 0.717) is 23.0 Å². The molecule has 5 atom stereocenters. The lowest BCUT2D eigenvalue weighted by atomic mass is 9.97. The van der Waals surface area contributed by atoms with Crippen molar-refractivity contribution in [1.82, 2.24) is 4.57 Å². The molecule has 0 unspecified atom stereocenters. The molecule has 342 valence electrons. The summed E-state index contributed by atoms with van der Waals surface area (Å²) in [4.78, 5) is 70.1. The minimum atomic E-state index is -1.75. The molecule has 5 aromatic carbocycles. The molecule has 66 heavy (non-hydrogen) atoms. The summed E-state index contributed by atoms with van der Waals surface area (Å²) in [6.45, 7) is 1.74. The third kappa shape index (κ3) is 11.4. The molecule has 1 saturated heterocycles. The Labute approximate surface area is 382 Å². The molecule has 1 aliphatic heterocycles. The Kier molecular flexibility index (Phi) is 15.8. The number of benzene rings is 5. The highest BCUT2D eigenvalue weighted by molar-refractivity contribution is 5.92. The zero-order valence-corrected chi connectivity index (χ0v) is 36.7. The van der Waals surface area contributed by atoms with Gasteiger partial charge in [-0.1, -0.05) is 112 Å². The molecule has 14 heteroatoms. The van der Waals surface area contributed by atoms with Crippen molar-refractivity contribution in [3.05, 3.63) is 172 Å². The van der Waals surface area contributed by atoms with Crippen molar-refractivity contribution in [3.63, 3.8) is 0 Å². The number of pyridine rings is 1. The predicted octanol–water partition coefficient (Wildman–Crippen LogP) is 8.50. The molecule has 1 fully saturated rings. The number of aromatic nitrogens is 1. The van der Waals surface area contributed by atoms with Crippen molar-refractivity contribution < 1.29 is 52.3 Å². The molecule has 14 nitrogen and oxygen atoms in total. The zero-order valence-electron chi connectivity index (χ0n) is 36.7. The molecule has 7 rings (SSSR count). The minimum Gasteiger partial charge on any atom is -0.485 e. The lowest BCUT2D eigenvalue weighted by Crippen LogP contribution is -2.64. The van der Waals surface area contributed by atoms with E-state index >= 15 is 0 Å². The number of anilines is 1. The van der Waals surface area contributed by atoms with E-state index in [1.807, 2.05) is 0 Å². The largest absolute Gasteiger partial charge is 0.485 e. The van der Waals surface area contributed by atoms with Crippen LogP contribution in [-0.2, 0) is 30.7 Å². The molecule has 2 N–H and O–H groups in total. The topological polar surface area (TPSA) is 181 Å². The second-order valence-corrected chi connectivity index (χ2v) is 15.7. The summed E-state index contributed by atoms with van der Waals surface area (Å²) in [5.41, 5.74) is 7.01. The van der Waals surface area contributed by atoms with Crippen molar-refractivity contribution in [2.24, 2.45) is 7.05 Å². The molecule has 0 spiro atoms. The fourth-order valence-corrected chi connectivity index (χ4v) is 7.54. The smallest absolute Gasteiger partial charge is 0.338 e. The minimum absolute atomic E-state index is 0.0854. The van der Waals surface area contributed by atoms with Crippen molar-refractivity contribution in [2.45, 2.75) is 76.2 Å². The van der Waals surface area contributed by atoms with Gasteiger partial charge in [-0.3, -0.25) is 4.79 Å². The normalized spacial score (nSPS) is 17.9. The molecule has 0 aliphatic carbocycles. The van der Waals surface area contributed by atoms with Gasteiger partial charge in [-0.15, -0.1) is 0 Å². The summed E-state index contributed by atoms with van der Waals surface area (Å²) >= 11 is 0. The number of rotatable bonds is 19. The summed E-state index contributed by atoms with van der Waals surface area (Å²) in [5.74, 6) is -3.58. The van der Waals surface area contributed by atoms with Gasteiger partial charge in [0.15, 0.2) is 18.0 Å². The first-order valence-electron chi connectivity index (χ1n) is 22.0. The fourth-order valence-electron chi connectivity index (χ4n) is 7.54. The van der Waals surface area contributed by atoms with E-state index in [1.54, 1.807) is 110 Å². The average Bonchev–Trinajstić information content (AvgIpc) is 3.35. The summed E-state index contributed by atoms with van der Waals surface area (Å²) < 4.78 is 45.5. The summed E-state index contributed by atoms with van der Waals surface area (Å²) in [6.07, 6.45) is -2.43. The Morgan fingerprint density at radius 2 is 1.08 bits per heavy atom. The third-order valence-corrected chi connectivity index (χ3v) is 11.0. The monoisotopic (exact) mass is 896 g/mol. The van der Waals surface area contributed by atoms with E-state index in [-0.39, 0.29) is 40.4 Å². The number of unbranched alkanes of at least 4 members (excludes halogenated alkanes) is 5. The van der Waals surface area contributed by atoms with Gasteiger partial charge in [0.1, 0.15) is 12.7 Å². The Hall–Kier alpha value is -7.45. The van der Waals surface area contributed by atoms with Crippen molar-refractivity contribution in [2.75, 3.05) is 18.9 Å². The first kappa shape index (κ1) is 46.5. The highest BCUT2D eigenvalue weighted by atomic mass is 16.7. The van der Waals surface area contributed by atoms with Gasteiger partial charge >= 0.3 is 23.9 Å². The second kappa shape index (κ2) is 22.4. The van der Waals surface area contributed by atoms with E-state index < -0.39 is 66.7 Å². The number of fused-ring (bicyclic) bond motifs is 1. The maximum absolute atomic E-state index is 14.3. The fraction of sp³-hybridized carbons (Fsp3) is 0.288. The van der Waals surface area contributed by atoms with E-state index in [2.05, 4.69) is 6.92 Å². The highest BCUT2D eigenvalue weighted by Gasteiger charge is 2.54. The lowest BCUT2D eigenvalue weighted by Gasteiger charge is -2.44. The van der Waals surface area contributed by atoms with Crippen LogP contribution in [0.5, 0.6) is 11.5 Å². The standard InChI is InChI=1S/C52H52N2O12/c1-3-4-5-6-7-20-31-60-45-42(39-30-29-38(53)32-40(39)54(2)47(45)55)66-52-46(65-51(59)37-27-18-11-19-28-37)44(64-50(58)36-25-16-10-17-26-36)43(63-49(57)35-23-14-9-15-24-35)41(62-52)33-61-48(56)34-21-12-8-13-22-34/h8-19,21-30,32,41,43-44,46,52H,3-7,20,31,33,53H2,1-2H3/t41-,43+,44+,46-,52+/m1/s1. The molecule has 2 heterocycles. The molecule has 1 aromatic heterocycles. The van der Waals surface area contributed by atoms with Crippen LogP contribution in [0.3, 0.4) is 0 Å². The Morgan fingerprint density at radius 1 is 0.591 bits per heavy atom. The summed E-state index contributed by atoms with van der Waals surface area (Å²) in [5, 5.41) is 0.378. The van der Waals surface area contributed by atoms with Gasteiger partial charge in [0.05, 0.1) is 34.4 Å². The number of nitrogens with zero attached hydrogens (tertiary/aromatic N) is 1. The predicted molar refractivity (Wildman–Crippen MR) is 245 cm³/mol. The lowest BCUT2D eigenvalue weighted by molar-refractivity contribution is -0.275. The number of nitrogens with two attached hydrogens (primary N) is 1. The molecule has 0 bridgehead atoms.